The van der Waals surface area contributed by atoms with Crippen LogP contribution in [0.5, 0.6) is 0 Å². The molecule has 0 saturated carbocycles. The number of nitrogen functional groups attached to an aromatic ring is 1. The van der Waals surface area contributed by atoms with Crippen LogP contribution in [-0.2, 0) is 19.5 Å². The summed E-state index contributed by atoms with van der Waals surface area (Å²) in [6, 6.07) is 10.00. The molecule has 1 aliphatic rings. The largest absolute Gasteiger partial charge is 0.368 e. The fourth-order valence-corrected chi connectivity index (χ4v) is 2.38. The predicted molar refractivity (Wildman–Crippen MR) is 79.2 cm³/mol. The Balaban J connectivity index is 1.51. The molecule has 1 aromatic heterocycles. The normalized spacial score (nSPS) is 13.0. The van der Waals surface area contributed by atoms with E-state index in [1.165, 1.54) is 5.56 Å². The first-order chi connectivity index (χ1) is 10.2. The van der Waals surface area contributed by atoms with Crippen LogP contribution in [0, 0.1) is 0 Å². The third-order valence-electron chi connectivity index (χ3n) is 3.49. The summed E-state index contributed by atoms with van der Waals surface area (Å²) in [5.74, 6) is 0.250. The number of aromatic nitrogens is 2. The lowest BCUT2D eigenvalue weighted by Gasteiger charge is -2.16. The second kappa shape index (κ2) is 5.78. The molecule has 0 saturated heterocycles. The summed E-state index contributed by atoms with van der Waals surface area (Å²) in [6.45, 7) is 1.63. The number of anilines is 1. The van der Waals surface area contributed by atoms with Crippen molar-refractivity contribution in [2.24, 2.45) is 0 Å². The van der Waals surface area contributed by atoms with E-state index in [-0.39, 0.29) is 12.0 Å². The number of nitrogens with two attached hydrogens (primary N) is 1. The van der Waals surface area contributed by atoms with E-state index in [2.05, 4.69) is 27.4 Å². The Bertz CT molecular complexity index is 644. The van der Waals surface area contributed by atoms with E-state index in [9.17, 15) is 4.79 Å². The molecule has 0 atom stereocenters. The third-order valence-corrected chi connectivity index (χ3v) is 3.49. The quantitative estimate of drug-likeness (QED) is 0.890. The van der Waals surface area contributed by atoms with Crippen LogP contribution in [0.1, 0.15) is 16.8 Å². The Labute approximate surface area is 123 Å². The first-order valence-corrected chi connectivity index (χ1v) is 6.89. The number of carbonyl (C=O) groups excluding carboxylic acids is 1. The lowest BCUT2D eigenvalue weighted by molar-refractivity contribution is 0.198. The number of rotatable bonds is 3. The Morgan fingerprint density at radius 2 is 2.10 bits per heavy atom. The molecule has 6 nitrogen and oxygen atoms in total. The lowest BCUT2D eigenvalue weighted by Crippen LogP contribution is -2.37. The van der Waals surface area contributed by atoms with Crippen molar-refractivity contribution in [1.82, 2.24) is 20.2 Å². The summed E-state index contributed by atoms with van der Waals surface area (Å²) in [6.07, 6.45) is 2.51. The minimum atomic E-state index is -0.0810. The number of hydrogen-bond donors (Lipinski definition) is 2. The Morgan fingerprint density at radius 1 is 1.29 bits per heavy atom. The molecule has 3 rings (SSSR count). The number of nitrogens with zero attached hydrogens (tertiary/aromatic N) is 3. The monoisotopic (exact) mass is 283 g/mol. The van der Waals surface area contributed by atoms with Crippen molar-refractivity contribution in [2.45, 2.75) is 19.5 Å². The highest BCUT2D eigenvalue weighted by Crippen LogP contribution is 2.20. The van der Waals surface area contributed by atoms with Gasteiger partial charge in [-0.1, -0.05) is 30.3 Å². The summed E-state index contributed by atoms with van der Waals surface area (Å²) >= 11 is 0. The topological polar surface area (TPSA) is 84.1 Å². The van der Waals surface area contributed by atoms with Gasteiger partial charge in [0.05, 0.1) is 18.8 Å². The second-order valence-corrected chi connectivity index (χ2v) is 5.02. The van der Waals surface area contributed by atoms with Crippen LogP contribution in [0.4, 0.5) is 10.7 Å². The highest BCUT2D eigenvalue weighted by molar-refractivity contribution is 5.74. The van der Waals surface area contributed by atoms with Gasteiger partial charge in [0, 0.05) is 18.3 Å². The van der Waals surface area contributed by atoms with Crippen molar-refractivity contribution >= 4 is 12.0 Å². The molecule has 0 bridgehead atoms. The number of urea groups is 1. The molecular formula is C15H17N5O. The lowest BCUT2D eigenvalue weighted by atomic mass is 10.1. The molecule has 21 heavy (non-hydrogen) atoms. The van der Waals surface area contributed by atoms with Crippen molar-refractivity contribution in [2.75, 3.05) is 12.3 Å². The molecule has 0 fully saturated rings. The molecule has 108 valence electrons. The summed E-state index contributed by atoms with van der Waals surface area (Å²) in [4.78, 5) is 22.0. The van der Waals surface area contributed by atoms with Gasteiger partial charge in [0.15, 0.2) is 0 Å². The number of nitrogens with one attached hydrogen (secondary N) is 1. The molecule has 0 unspecified atom stereocenters. The van der Waals surface area contributed by atoms with Gasteiger partial charge in [-0.05, 0) is 12.0 Å². The number of amides is 2. The molecule has 0 radical (unpaired) electrons. The third kappa shape index (κ3) is 3.10. The molecule has 6 heteroatoms. The minimum Gasteiger partial charge on any atom is -0.368 e. The van der Waals surface area contributed by atoms with E-state index in [0.717, 1.165) is 17.7 Å². The van der Waals surface area contributed by atoms with Crippen LogP contribution in [0.2, 0.25) is 0 Å². The van der Waals surface area contributed by atoms with Crippen molar-refractivity contribution in [3.8, 4) is 0 Å². The van der Waals surface area contributed by atoms with Gasteiger partial charge in [0.2, 0.25) is 5.95 Å². The van der Waals surface area contributed by atoms with E-state index in [1.807, 2.05) is 18.2 Å². The van der Waals surface area contributed by atoms with Crippen LogP contribution >= 0.6 is 0 Å². The molecular weight excluding hydrogens is 266 g/mol. The van der Waals surface area contributed by atoms with Crippen molar-refractivity contribution < 1.29 is 4.79 Å². The zero-order chi connectivity index (χ0) is 14.7. The predicted octanol–water partition coefficient (Wildman–Crippen LogP) is 1.33. The average molecular weight is 283 g/mol. The molecule has 2 amide bonds. The van der Waals surface area contributed by atoms with Crippen LogP contribution in [0.15, 0.2) is 36.5 Å². The van der Waals surface area contributed by atoms with Crippen LogP contribution < -0.4 is 11.1 Å². The number of hydrogen-bond acceptors (Lipinski definition) is 4. The maximum absolute atomic E-state index is 12.1. The van der Waals surface area contributed by atoms with Gasteiger partial charge in [0.1, 0.15) is 0 Å². The summed E-state index contributed by atoms with van der Waals surface area (Å²) in [5.41, 5.74) is 8.56. The molecule has 2 aromatic rings. The second-order valence-electron chi connectivity index (χ2n) is 5.02. The highest BCUT2D eigenvalue weighted by Gasteiger charge is 2.24. The zero-order valence-electron chi connectivity index (χ0n) is 11.6. The smallest absolute Gasteiger partial charge is 0.318 e. The standard InChI is InChI=1S/C15H17N5O/c16-14-18-8-12-9-20(10-13(12)19-14)15(21)17-7-6-11-4-2-1-3-5-11/h1-5,8H,6-7,9-10H2,(H,17,21)(H2,16,18,19). The summed E-state index contributed by atoms with van der Waals surface area (Å²) < 4.78 is 0. The summed E-state index contributed by atoms with van der Waals surface area (Å²) in [7, 11) is 0. The van der Waals surface area contributed by atoms with E-state index in [0.29, 0.717) is 19.6 Å². The van der Waals surface area contributed by atoms with Crippen LogP contribution in [-0.4, -0.2) is 27.4 Å². The molecule has 0 spiro atoms. The van der Waals surface area contributed by atoms with Crippen molar-refractivity contribution in [1.29, 1.82) is 0 Å². The van der Waals surface area contributed by atoms with E-state index in [4.69, 9.17) is 5.73 Å². The van der Waals surface area contributed by atoms with Crippen molar-refractivity contribution in [3.05, 3.63) is 53.3 Å². The van der Waals surface area contributed by atoms with E-state index >= 15 is 0 Å². The Hall–Kier alpha value is -2.63. The maximum atomic E-state index is 12.1. The first kappa shape index (κ1) is 13.4. The Morgan fingerprint density at radius 3 is 2.90 bits per heavy atom. The first-order valence-electron chi connectivity index (χ1n) is 6.89. The van der Waals surface area contributed by atoms with E-state index < -0.39 is 0 Å². The fraction of sp³-hybridized carbons (Fsp3) is 0.267. The van der Waals surface area contributed by atoms with Crippen molar-refractivity contribution in [3.63, 3.8) is 0 Å². The van der Waals surface area contributed by atoms with Crippen LogP contribution in [0.25, 0.3) is 0 Å². The summed E-state index contributed by atoms with van der Waals surface area (Å²) in [5, 5.41) is 2.93. The molecule has 3 N–H and O–H groups in total. The molecule has 0 aliphatic carbocycles. The maximum Gasteiger partial charge on any atom is 0.318 e. The minimum absolute atomic E-state index is 0.0810. The Kier molecular flexibility index (Phi) is 3.68. The van der Waals surface area contributed by atoms with Gasteiger partial charge in [-0.3, -0.25) is 0 Å². The number of benzene rings is 1. The molecule has 1 aliphatic heterocycles. The molecule has 1 aromatic carbocycles. The van der Waals surface area contributed by atoms with Gasteiger partial charge in [-0.2, -0.15) is 0 Å². The fourth-order valence-electron chi connectivity index (χ4n) is 2.38. The highest BCUT2D eigenvalue weighted by atomic mass is 16.2. The van der Waals surface area contributed by atoms with Gasteiger partial charge < -0.3 is 16.0 Å². The van der Waals surface area contributed by atoms with Crippen LogP contribution in [0.3, 0.4) is 0 Å². The van der Waals surface area contributed by atoms with Gasteiger partial charge in [-0.15, -0.1) is 0 Å². The zero-order valence-corrected chi connectivity index (χ0v) is 11.6. The number of carbonyl (C=O) groups is 1. The number of fused-ring (bicyclic) bond motifs is 1. The van der Waals surface area contributed by atoms with Gasteiger partial charge in [-0.25, -0.2) is 14.8 Å². The van der Waals surface area contributed by atoms with Gasteiger partial charge in [0.25, 0.3) is 0 Å². The SMILES string of the molecule is Nc1ncc2c(n1)CN(C(=O)NCCc1ccccc1)C2. The average Bonchev–Trinajstić information content (AvgIpc) is 2.91. The molecule has 2 heterocycles. The van der Waals surface area contributed by atoms with Gasteiger partial charge >= 0.3 is 6.03 Å². The van der Waals surface area contributed by atoms with E-state index in [1.54, 1.807) is 11.1 Å².